The summed E-state index contributed by atoms with van der Waals surface area (Å²) in [6, 6.07) is 4.82. The molecule has 0 spiro atoms. The number of aliphatic hydroxyl groups is 1. The Balaban J connectivity index is 3.04. The van der Waals surface area contributed by atoms with Gasteiger partial charge in [0.15, 0.2) is 0 Å². The molecule has 0 aromatic heterocycles. The van der Waals surface area contributed by atoms with Crippen molar-refractivity contribution in [2.24, 2.45) is 0 Å². The summed E-state index contributed by atoms with van der Waals surface area (Å²) in [6.45, 7) is 3.38. The van der Waals surface area contributed by atoms with Crippen molar-refractivity contribution < 1.29 is 13.5 Å². The number of rotatable bonds is 7. The fourth-order valence-electron chi connectivity index (χ4n) is 1.54. The third-order valence-corrected chi connectivity index (χ3v) is 4.94. The van der Waals surface area contributed by atoms with Crippen LogP contribution in [0.25, 0.3) is 0 Å². The number of hydrogen-bond acceptors (Lipinski definition) is 3. The van der Waals surface area contributed by atoms with Crippen LogP contribution in [0.2, 0.25) is 10.0 Å². The summed E-state index contributed by atoms with van der Waals surface area (Å²) in [4.78, 5) is 0. The molecule has 1 N–H and O–H groups in total. The van der Waals surface area contributed by atoms with Crippen LogP contribution < -0.4 is 0 Å². The summed E-state index contributed by atoms with van der Waals surface area (Å²) >= 11 is 11.9. The van der Waals surface area contributed by atoms with Crippen LogP contribution in [-0.2, 0) is 15.8 Å². The number of sulfonamides is 1. The van der Waals surface area contributed by atoms with Crippen LogP contribution in [0, 0.1) is 0 Å². The average Bonchev–Trinajstić information content (AvgIpc) is 2.34. The Morgan fingerprint density at radius 1 is 1.32 bits per heavy atom. The van der Waals surface area contributed by atoms with Gasteiger partial charge in [-0.15, -0.1) is 6.58 Å². The minimum absolute atomic E-state index is 0.0103. The minimum atomic E-state index is -3.61. The van der Waals surface area contributed by atoms with Gasteiger partial charge in [0.05, 0.1) is 12.4 Å². The fraction of sp³-hybridized carbons (Fsp3) is 0.333. The second-order valence-electron chi connectivity index (χ2n) is 3.83. The summed E-state index contributed by atoms with van der Waals surface area (Å²) in [7, 11) is -3.61. The lowest BCUT2D eigenvalue weighted by Gasteiger charge is -2.20. The lowest BCUT2D eigenvalue weighted by Crippen LogP contribution is -2.34. The van der Waals surface area contributed by atoms with Gasteiger partial charge in [0.25, 0.3) is 0 Å². The zero-order chi connectivity index (χ0) is 14.5. The van der Waals surface area contributed by atoms with Crippen molar-refractivity contribution in [3.05, 3.63) is 46.5 Å². The van der Waals surface area contributed by atoms with E-state index in [1.54, 1.807) is 18.2 Å². The first kappa shape index (κ1) is 16.5. The van der Waals surface area contributed by atoms with Gasteiger partial charge in [-0.05, 0) is 12.1 Å². The van der Waals surface area contributed by atoms with Gasteiger partial charge < -0.3 is 5.11 Å². The summed E-state index contributed by atoms with van der Waals surface area (Å²) in [6.07, 6.45) is 1.46. The van der Waals surface area contributed by atoms with E-state index in [0.29, 0.717) is 15.6 Å². The van der Waals surface area contributed by atoms with Crippen LogP contribution in [0.3, 0.4) is 0 Å². The van der Waals surface area contributed by atoms with Crippen LogP contribution >= 0.6 is 23.2 Å². The molecule has 19 heavy (non-hydrogen) atoms. The van der Waals surface area contributed by atoms with Gasteiger partial charge in [-0.2, -0.15) is 4.31 Å². The number of nitrogens with zero attached hydrogens (tertiary/aromatic N) is 1. The summed E-state index contributed by atoms with van der Waals surface area (Å²) in [5.41, 5.74) is 0.359. The van der Waals surface area contributed by atoms with Crippen LogP contribution in [0.5, 0.6) is 0 Å². The molecule has 4 nitrogen and oxygen atoms in total. The standard InChI is InChI=1S/C12H15Cl2NO3S/c1-2-6-15(7-8-16)19(17,18)9-10-11(13)4-3-5-12(10)14/h2-5,16H,1,6-9H2. The van der Waals surface area contributed by atoms with Crippen molar-refractivity contribution >= 4 is 33.2 Å². The van der Waals surface area contributed by atoms with Crippen molar-refractivity contribution in [1.82, 2.24) is 4.31 Å². The minimum Gasteiger partial charge on any atom is -0.395 e. The van der Waals surface area contributed by atoms with E-state index in [1.165, 1.54) is 6.08 Å². The summed E-state index contributed by atoms with van der Waals surface area (Å²) in [5.74, 6) is -0.306. The summed E-state index contributed by atoms with van der Waals surface area (Å²) in [5, 5.41) is 9.52. The molecule has 0 aliphatic carbocycles. The van der Waals surface area contributed by atoms with E-state index in [1.807, 2.05) is 0 Å². The molecule has 0 unspecified atom stereocenters. The van der Waals surface area contributed by atoms with E-state index >= 15 is 0 Å². The molecule has 0 heterocycles. The highest BCUT2D eigenvalue weighted by Crippen LogP contribution is 2.27. The van der Waals surface area contributed by atoms with Crippen molar-refractivity contribution in [2.45, 2.75) is 5.75 Å². The maximum atomic E-state index is 12.2. The fourth-order valence-corrected chi connectivity index (χ4v) is 3.78. The Morgan fingerprint density at radius 2 is 1.89 bits per heavy atom. The quantitative estimate of drug-likeness (QED) is 0.783. The second kappa shape index (κ2) is 7.26. The van der Waals surface area contributed by atoms with Gasteiger partial charge in [-0.25, -0.2) is 8.42 Å². The van der Waals surface area contributed by atoms with Crippen molar-refractivity contribution in [1.29, 1.82) is 0 Å². The Labute approximate surface area is 123 Å². The molecule has 0 bridgehead atoms. The maximum Gasteiger partial charge on any atom is 0.218 e. The summed E-state index contributed by atoms with van der Waals surface area (Å²) < 4.78 is 25.6. The van der Waals surface area contributed by atoms with E-state index < -0.39 is 10.0 Å². The zero-order valence-electron chi connectivity index (χ0n) is 10.2. The average molecular weight is 324 g/mol. The van der Waals surface area contributed by atoms with Gasteiger partial charge in [0, 0.05) is 28.7 Å². The number of halogens is 2. The van der Waals surface area contributed by atoms with Gasteiger partial charge in [0.2, 0.25) is 10.0 Å². The lowest BCUT2D eigenvalue weighted by atomic mass is 10.2. The lowest BCUT2D eigenvalue weighted by molar-refractivity contribution is 0.260. The van der Waals surface area contributed by atoms with Crippen LogP contribution in [0.1, 0.15) is 5.56 Å². The highest BCUT2D eigenvalue weighted by atomic mass is 35.5. The molecule has 0 aliphatic rings. The van der Waals surface area contributed by atoms with E-state index in [0.717, 1.165) is 4.31 Å². The first-order valence-corrected chi connectivity index (χ1v) is 7.91. The van der Waals surface area contributed by atoms with E-state index in [4.69, 9.17) is 28.3 Å². The zero-order valence-corrected chi connectivity index (χ0v) is 12.5. The molecule has 0 saturated carbocycles. The molecule has 106 valence electrons. The van der Waals surface area contributed by atoms with E-state index in [-0.39, 0.29) is 25.4 Å². The van der Waals surface area contributed by atoms with Gasteiger partial charge in [-0.3, -0.25) is 0 Å². The smallest absolute Gasteiger partial charge is 0.218 e. The van der Waals surface area contributed by atoms with Crippen LogP contribution in [0.4, 0.5) is 0 Å². The van der Waals surface area contributed by atoms with Crippen molar-refractivity contribution in [2.75, 3.05) is 19.7 Å². The predicted octanol–water partition coefficient (Wildman–Crippen LogP) is 2.30. The molecule has 1 aromatic carbocycles. The molecule has 7 heteroatoms. The highest BCUT2D eigenvalue weighted by Gasteiger charge is 2.23. The molecule has 0 fully saturated rings. The Morgan fingerprint density at radius 3 is 2.37 bits per heavy atom. The number of aliphatic hydroxyl groups excluding tert-OH is 1. The van der Waals surface area contributed by atoms with Gasteiger partial charge in [0.1, 0.15) is 0 Å². The first-order valence-electron chi connectivity index (χ1n) is 5.55. The topological polar surface area (TPSA) is 57.6 Å². The van der Waals surface area contributed by atoms with E-state index in [2.05, 4.69) is 6.58 Å². The monoisotopic (exact) mass is 323 g/mol. The Kier molecular flexibility index (Phi) is 6.29. The van der Waals surface area contributed by atoms with Crippen molar-refractivity contribution in [3.8, 4) is 0 Å². The normalized spacial score (nSPS) is 11.8. The SMILES string of the molecule is C=CCN(CCO)S(=O)(=O)Cc1c(Cl)cccc1Cl. The molecule has 0 amide bonds. The third kappa shape index (κ3) is 4.47. The highest BCUT2D eigenvalue weighted by molar-refractivity contribution is 7.88. The van der Waals surface area contributed by atoms with Crippen molar-refractivity contribution in [3.63, 3.8) is 0 Å². The molecular formula is C12H15Cl2NO3S. The van der Waals surface area contributed by atoms with Gasteiger partial charge >= 0.3 is 0 Å². The Hall–Kier alpha value is -0.590. The molecule has 1 aromatic rings. The maximum absolute atomic E-state index is 12.2. The second-order valence-corrected chi connectivity index (χ2v) is 6.61. The van der Waals surface area contributed by atoms with Crippen LogP contribution in [0.15, 0.2) is 30.9 Å². The van der Waals surface area contributed by atoms with E-state index in [9.17, 15) is 8.42 Å². The predicted molar refractivity (Wildman–Crippen MR) is 77.9 cm³/mol. The first-order chi connectivity index (χ1) is 8.92. The molecule has 0 aliphatic heterocycles. The largest absolute Gasteiger partial charge is 0.395 e. The molecule has 0 atom stereocenters. The molecule has 0 saturated heterocycles. The number of benzene rings is 1. The van der Waals surface area contributed by atoms with Crippen LogP contribution in [-0.4, -0.2) is 37.5 Å². The Bertz CT molecular complexity index is 526. The third-order valence-electron chi connectivity index (χ3n) is 2.46. The number of hydrogen-bond donors (Lipinski definition) is 1. The van der Waals surface area contributed by atoms with Gasteiger partial charge in [-0.1, -0.05) is 35.3 Å². The molecule has 1 rings (SSSR count). The molecule has 0 radical (unpaired) electrons. The molecular weight excluding hydrogens is 309 g/mol.